The Morgan fingerprint density at radius 1 is 0.906 bits per heavy atom. The first-order chi connectivity index (χ1) is 15.7. The Kier molecular flexibility index (Phi) is 6.93. The Labute approximate surface area is 191 Å². The van der Waals surface area contributed by atoms with Crippen LogP contribution in [0.15, 0.2) is 10.9 Å². The summed E-state index contributed by atoms with van der Waals surface area (Å²) in [5.74, 6) is 1.40. The Balaban J connectivity index is 1.13. The highest BCUT2D eigenvalue weighted by atomic mass is 16.2. The lowest BCUT2D eigenvalue weighted by Crippen LogP contribution is -2.49. The molecule has 0 radical (unpaired) electrons. The summed E-state index contributed by atoms with van der Waals surface area (Å²) < 4.78 is 1.86. The number of carbonyl (C=O) groups is 1. The van der Waals surface area contributed by atoms with Gasteiger partial charge in [-0.25, -0.2) is 4.98 Å². The molecule has 4 aliphatic heterocycles. The van der Waals surface area contributed by atoms with Gasteiger partial charge in [-0.15, -0.1) is 0 Å². The summed E-state index contributed by atoms with van der Waals surface area (Å²) in [6.07, 6.45) is 11.6. The van der Waals surface area contributed by atoms with Gasteiger partial charge in [-0.3, -0.25) is 19.1 Å². The summed E-state index contributed by atoms with van der Waals surface area (Å²) in [6.45, 7) is 7.43. The number of aryl methyl sites for hydroxylation is 1. The number of nitrogens with zero attached hydrogens (tertiary/aromatic N) is 5. The molecule has 1 amide bonds. The summed E-state index contributed by atoms with van der Waals surface area (Å²) in [5.41, 5.74) is 0.994. The zero-order valence-electron chi connectivity index (χ0n) is 19.5. The van der Waals surface area contributed by atoms with Crippen molar-refractivity contribution in [3.05, 3.63) is 27.9 Å². The fraction of sp³-hybridized carbons (Fsp3) is 0.800. The molecule has 3 saturated heterocycles. The summed E-state index contributed by atoms with van der Waals surface area (Å²) >= 11 is 0. The molecule has 1 aromatic heterocycles. The quantitative estimate of drug-likeness (QED) is 0.717. The minimum absolute atomic E-state index is 0.0910. The fourth-order valence-corrected chi connectivity index (χ4v) is 6.19. The number of carbonyl (C=O) groups excluding carboxylic acids is 1. The molecule has 0 aliphatic carbocycles. The zero-order chi connectivity index (χ0) is 21.9. The van der Waals surface area contributed by atoms with Gasteiger partial charge in [-0.1, -0.05) is 12.8 Å². The summed E-state index contributed by atoms with van der Waals surface area (Å²) in [7, 11) is 0. The van der Waals surface area contributed by atoms with E-state index in [1.807, 2.05) is 9.47 Å². The van der Waals surface area contributed by atoms with Gasteiger partial charge in [0.15, 0.2) is 0 Å². The number of hydrogen-bond acceptors (Lipinski definition) is 5. The predicted octanol–water partition coefficient (Wildman–Crippen LogP) is 2.24. The minimum Gasteiger partial charge on any atom is -0.341 e. The molecule has 0 N–H and O–H groups in total. The Morgan fingerprint density at radius 3 is 2.47 bits per heavy atom. The third-order valence-electron chi connectivity index (χ3n) is 8.17. The van der Waals surface area contributed by atoms with Crippen LogP contribution >= 0.6 is 0 Å². The van der Waals surface area contributed by atoms with Crippen LogP contribution in [0.4, 0.5) is 0 Å². The lowest BCUT2D eigenvalue weighted by Gasteiger charge is -2.40. The summed E-state index contributed by atoms with van der Waals surface area (Å²) in [4.78, 5) is 37.6. The van der Waals surface area contributed by atoms with E-state index in [1.54, 1.807) is 6.07 Å². The van der Waals surface area contributed by atoms with Crippen molar-refractivity contribution in [2.75, 3.05) is 45.8 Å². The van der Waals surface area contributed by atoms with Gasteiger partial charge >= 0.3 is 0 Å². The van der Waals surface area contributed by atoms with E-state index < -0.39 is 0 Å². The van der Waals surface area contributed by atoms with Crippen molar-refractivity contribution >= 4 is 5.91 Å². The molecule has 0 unspecified atom stereocenters. The standard InChI is InChI=1S/C25H39N5O2/c31-24-17-22(26-23-7-3-1-6-13-30(23)24)20-8-16-29(18-20)25(32)19-27-14-9-21(10-15-27)28-11-4-2-5-12-28/h17,20-21H,1-16,18-19H2/t20-/m0/s1. The summed E-state index contributed by atoms with van der Waals surface area (Å²) in [5, 5.41) is 0. The van der Waals surface area contributed by atoms with Gasteiger partial charge in [0.25, 0.3) is 5.56 Å². The summed E-state index contributed by atoms with van der Waals surface area (Å²) in [6, 6.07) is 2.45. The van der Waals surface area contributed by atoms with Crippen molar-refractivity contribution in [2.45, 2.75) is 82.7 Å². The van der Waals surface area contributed by atoms with Crippen LogP contribution in [-0.2, 0) is 17.8 Å². The number of aromatic nitrogens is 2. The van der Waals surface area contributed by atoms with Crippen molar-refractivity contribution in [3.8, 4) is 0 Å². The van der Waals surface area contributed by atoms with E-state index in [2.05, 4.69) is 9.80 Å². The van der Waals surface area contributed by atoms with Crippen molar-refractivity contribution < 1.29 is 4.79 Å². The highest BCUT2D eigenvalue weighted by Gasteiger charge is 2.31. The smallest absolute Gasteiger partial charge is 0.253 e. The van der Waals surface area contributed by atoms with E-state index in [1.165, 1.54) is 51.6 Å². The molecule has 0 saturated carbocycles. The first-order valence-electron chi connectivity index (χ1n) is 13.0. The van der Waals surface area contributed by atoms with E-state index in [0.29, 0.717) is 13.1 Å². The van der Waals surface area contributed by atoms with Crippen LogP contribution in [0.25, 0.3) is 0 Å². The van der Waals surface area contributed by atoms with E-state index >= 15 is 0 Å². The third kappa shape index (κ3) is 4.93. The van der Waals surface area contributed by atoms with Gasteiger partial charge < -0.3 is 9.80 Å². The maximum absolute atomic E-state index is 13.0. The average molecular weight is 442 g/mol. The van der Waals surface area contributed by atoms with Crippen molar-refractivity contribution in [1.82, 2.24) is 24.3 Å². The van der Waals surface area contributed by atoms with Crippen LogP contribution in [0.5, 0.6) is 0 Å². The number of rotatable bonds is 4. The van der Waals surface area contributed by atoms with E-state index in [9.17, 15) is 9.59 Å². The maximum atomic E-state index is 13.0. The molecule has 0 bridgehead atoms. The van der Waals surface area contributed by atoms with Gasteiger partial charge in [-0.05, 0) is 58.0 Å². The Hall–Kier alpha value is -1.73. The van der Waals surface area contributed by atoms with Gasteiger partial charge in [0.2, 0.25) is 5.91 Å². The van der Waals surface area contributed by atoms with Crippen LogP contribution in [0, 0.1) is 0 Å². The van der Waals surface area contributed by atoms with Crippen LogP contribution < -0.4 is 5.56 Å². The van der Waals surface area contributed by atoms with Crippen molar-refractivity contribution in [1.29, 1.82) is 0 Å². The fourth-order valence-electron chi connectivity index (χ4n) is 6.19. The monoisotopic (exact) mass is 441 g/mol. The minimum atomic E-state index is 0.0910. The number of likely N-dealkylation sites (tertiary alicyclic amines) is 3. The van der Waals surface area contributed by atoms with E-state index in [-0.39, 0.29) is 17.4 Å². The van der Waals surface area contributed by atoms with Gasteiger partial charge in [-0.2, -0.15) is 0 Å². The van der Waals surface area contributed by atoms with Gasteiger partial charge in [0.05, 0.1) is 12.2 Å². The topological polar surface area (TPSA) is 61.7 Å². The second-order valence-electron chi connectivity index (χ2n) is 10.3. The van der Waals surface area contributed by atoms with Crippen LogP contribution in [0.1, 0.15) is 75.2 Å². The predicted molar refractivity (Wildman–Crippen MR) is 125 cm³/mol. The highest BCUT2D eigenvalue weighted by Crippen LogP contribution is 2.27. The van der Waals surface area contributed by atoms with Gasteiger partial charge in [0, 0.05) is 57.2 Å². The largest absolute Gasteiger partial charge is 0.341 e. The first kappa shape index (κ1) is 22.1. The molecule has 7 nitrogen and oxygen atoms in total. The van der Waals surface area contributed by atoms with Crippen molar-refractivity contribution in [3.63, 3.8) is 0 Å². The number of hydrogen-bond donors (Lipinski definition) is 0. The Bertz CT molecular complexity index is 854. The van der Waals surface area contributed by atoms with Gasteiger partial charge in [0.1, 0.15) is 5.82 Å². The molecule has 4 aliphatic rings. The molecular weight excluding hydrogens is 402 g/mol. The highest BCUT2D eigenvalue weighted by molar-refractivity contribution is 5.78. The molecule has 32 heavy (non-hydrogen) atoms. The molecule has 0 aromatic carbocycles. The second-order valence-corrected chi connectivity index (χ2v) is 10.3. The SMILES string of the molecule is O=C(CN1CCC(N2CCCCC2)CC1)N1CC[C@H](c2cc(=O)n3c(n2)CCCCC3)C1. The lowest BCUT2D eigenvalue weighted by molar-refractivity contribution is -0.131. The van der Waals surface area contributed by atoms with Crippen LogP contribution in [0.2, 0.25) is 0 Å². The lowest BCUT2D eigenvalue weighted by atomic mass is 10.00. The molecular formula is C25H39N5O2. The van der Waals surface area contributed by atoms with Crippen LogP contribution in [-0.4, -0.2) is 82.0 Å². The molecule has 1 atom stereocenters. The molecule has 5 heterocycles. The zero-order valence-corrected chi connectivity index (χ0v) is 19.5. The number of fused-ring (bicyclic) bond motifs is 1. The number of piperidine rings is 2. The normalized spacial score (nSPS) is 26.1. The van der Waals surface area contributed by atoms with Crippen LogP contribution in [0.3, 0.4) is 0 Å². The number of amides is 1. The third-order valence-corrected chi connectivity index (χ3v) is 8.17. The average Bonchev–Trinajstić information content (AvgIpc) is 3.20. The molecule has 0 spiro atoms. The molecule has 3 fully saturated rings. The molecule has 1 aromatic rings. The maximum Gasteiger partial charge on any atom is 0.253 e. The molecule has 5 rings (SSSR count). The van der Waals surface area contributed by atoms with Crippen molar-refractivity contribution in [2.24, 2.45) is 0 Å². The Morgan fingerprint density at radius 2 is 1.66 bits per heavy atom. The first-order valence-corrected chi connectivity index (χ1v) is 13.0. The molecule has 176 valence electrons. The van der Waals surface area contributed by atoms with E-state index in [0.717, 1.165) is 69.4 Å². The molecule has 7 heteroatoms. The second kappa shape index (κ2) is 10.0. The van der Waals surface area contributed by atoms with E-state index in [4.69, 9.17) is 4.98 Å².